The molecule has 0 radical (unpaired) electrons. The smallest absolute Gasteiger partial charge is 0.337 e. The molecule has 24 heavy (non-hydrogen) atoms. The third-order valence-electron chi connectivity index (χ3n) is 2.77. The molecule has 1 heterocycles. The van der Waals surface area contributed by atoms with Crippen molar-refractivity contribution >= 4 is 28.1 Å². The van der Waals surface area contributed by atoms with Crippen molar-refractivity contribution < 1.29 is 18.0 Å². The van der Waals surface area contributed by atoms with Gasteiger partial charge in [0.25, 0.3) is 5.91 Å². The fraction of sp³-hybridized carbons (Fsp3) is 0.133. The molecule has 0 saturated carbocycles. The minimum atomic E-state index is -4.51. The summed E-state index contributed by atoms with van der Waals surface area (Å²) in [5.74, 6) is -0.822. The van der Waals surface area contributed by atoms with Crippen LogP contribution in [0.25, 0.3) is 0 Å². The summed E-state index contributed by atoms with van der Waals surface area (Å²) in [4.78, 5) is 16.1. The Hall–Kier alpha value is -2.86. The topological polar surface area (TPSA) is 77.8 Å². The van der Waals surface area contributed by atoms with Crippen molar-refractivity contribution in [1.29, 1.82) is 5.26 Å². The maximum Gasteiger partial charge on any atom is 0.416 e. The second-order valence-electron chi connectivity index (χ2n) is 4.64. The van der Waals surface area contributed by atoms with Crippen LogP contribution in [0, 0.1) is 18.3 Å². The van der Waals surface area contributed by atoms with Crippen LogP contribution in [-0.4, -0.2) is 10.9 Å². The summed E-state index contributed by atoms with van der Waals surface area (Å²) in [7, 11) is 0. The highest BCUT2D eigenvalue weighted by atomic mass is 32.1. The fourth-order valence-electron chi connectivity index (χ4n) is 1.67. The van der Waals surface area contributed by atoms with Gasteiger partial charge in [0, 0.05) is 17.3 Å². The number of amides is 1. The van der Waals surface area contributed by atoms with Crippen LogP contribution in [0.5, 0.6) is 0 Å². The van der Waals surface area contributed by atoms with E-state index in [-0.39, 0.29) is 11.3 Å². The molecule has 2 N–H and O–H groups in total. The molecule has 9 heteroatoms. The van der Waals surface area contributed by atoms with Gasteiger partial charge in [0.1, 0.15) is 11.6 Å². The Labute approximate surface area is 139 Å². The molecule has 1 amide bonds. The van der Waals surface area contributed by atoms with Gasteiger partial charge in [-0.25, -0.2) is 4.98 Å². The normalized spacial score (nSPS) is 11.7. The molecule has 0 bridgehead atoms. The minimum Gasteiger partial charge on any atom is -0.337 e. The largest absolute Gasteiger partial charge is 0.416 e. The van der Waals surface area contributed by atoms with Crippen molar-refractivity contribution in [2.24, 2.45) is 0 Å². The van der Waals surface area contributed by atoms with E-state index in [2.05, 4.69) is 15.6 Å². The van der Waals surface area contributed by atoms with E-state index < -0.39 is 17.6 Å². The molecule has 0 spiro atoms. The number of aryl methyl sites for hydroxylation is 1. The van der Waals surface area contributed by atoms with Crippen molar-refractivity contribution in [2.45, 2.75) is 13.1 Å². The summed E-state index contributed by atoms with van der Waals surface area (Å²) in [6, 6.07) is 5.85. The number of thiazole rings is 1. The van der Waals surface area contributed by atoms with Crippen molar-refractivity contribution in [3.05, 3.63) is 52.7 Å². The van der Waals surface area contributed by atoms with E-state index in [1.54, 1.807) is 18.4 Å². The van der Waals surface area contributed by atoms with Gasteiger partial charge in [0.15, 0.2) is 5.13 Å². The number of hydrogen-bond donors (Lipinski definition) is 2. The Bertz CT molecular complexity index is 821. The van der Waals surface area contributed by atoms with Crippen LogP contribution >= 0.6 is 11.3 Å². The van der Waals surface area contributed by atoms with E-state index in [0.29, 0.717) is 5.13 Å². The first-order valence-electron chi connectivity index (χ1n) is 6.57. The average Bonchev–Trinajstić information content (AvgIpc) is 2.93. The van der Waals surface area contributed by atoms with Gasteiger partial charge in [-0.2, -0.15) is 18.4 Å². The molecule has 0 aliphatic heterocycles. The summed E-state index contributed by atoms with van der Waals surface area (Å²) in [6.45, 7) is 1.79. The number of halogens is 3. The van der Waals surface area contributed by atoms with E-state index in [9.17, 15) is 18.0 Å². The molecule has 124 valence electrons. The standard InChI is InChI=1S/C15H11F3N4OS/c1-9-8-24-14(21-9)20-7-10(6-19)13(23)22-12-4-2-3-11(5-12)15(16,17)18/h2-5,7-8H,1H3,(H,20,21)(H,22,23)/b10-7-. The van der Waals surface area contributed by atoms with E-state index in [1.165, 1.54) is 23.5 Å². The van der Waals surface area contributed by atoms with Crippen LogP contribution in [0.1, 0.15) is 11.3 Å². The molecule has 5 nitrogen and oxygen atoms in total. The van der Waals surface area contributed by atoms with Gasteiger partial charge in [-0.1, -0.05) is 6.07 Å². The Morgan fingerprint density at radius 3 is 2.75 bits per heavy atom. The number of anilines is 2. The number of nitriles is 1. The number of alkyl halides is 3. The van der Waals surface area contributed by atoms with E-state index in [4.69, 9.17) is 5.26 Å². The molecule has 0 unspecified atom stereocenters. The molecule has 1 aromatic carbocycles. The van der Waals surface area contributed by atoms with E-state index in [1.807, 2.05) is 0 Å². The van der Waals surface area contributed by atoms with Crippen LogP contribution in [0.3, 0.4) is 0 Å². The lowest BCUT2D eigenvalue weighted by molar-refractivity contribution is -0.137. The van der Waals surface area contributed by atoms with Gasteiger partial charge in [0.2, 0.25) is 0 Å². The predicted molar refractivity (Wildman–Crippen MR) is 84.2 cm³/mol. The molecule has 0 saturated heterocycles. The van der Waals surface area contributed by atoms with E-state index >= 15 is 0 Å². The monoisotopic (exact) mass is 352 g/mol. The first-order valence-corrected chi connectivity index (χ1v) is 7.45. The maximum absolute atomic E-state index is 12.6. The van der Waals surface area contributed by atoms with Gasteiger partial charge in [-0.15, -0.1) is 11.3 Å². The summed E-state index contributed by atoms with van der Waals surface area (Å²) in [5, 5.41) is 16.3. The van der Waals surface area contributed by atoms with Gasteiger partial charge in [-0.05, 0) is 25.1 Å². The molecule has 2 rings (SSSR count). The number of benzene rings is 1. The lowest BCUT2D eigenvalue weighted by atomic mass is 10.2. The highest BCUT2D eigenvalue weighted by Gasteiger charge is 2.30. The maximum atomic E-state index is 12.6. The van der Waals surface area contributed by atoms with Gasteiger partial charge in [-0.3, -0.25) is 4.79 Å². The van der Waals surface area contributed by atoms with Crippen molar-refractivity contribution in [1.82, 2.24) is 4.98 Å². The summed E-state index contributed by atoms with van der Waals surface area (Å²) >= 11 is 1.29. The quantitative estimate of drug-likeness (QED) is 0.646. The first kappa shape index (κ1) is 17.5. The highest BCUT2D eigenvalue weighted by Crippen LogP contribution is 2.30. The molecule has 0 aliphatic rings. The number of carbonyl (C=O) groups excluding carboxylic acids is 1. The third kappa shape index (κ3) is 4.57. The summed E-state index contributed by atoms with van der Waals surface area (Å²) < 4.78 is 37.9. The average molecular weight is 352 g/mol. The minimum absolute atomic E-state index is 0.0546. The Kier molecular flexibility index (Phi) is 5.21. The zero-order chi connectivity index (χ0) is 17.7. The molecular weight excluding hydrogens is 341 g/mol. The Morgan fingerprint density at radius 1 is 1.42 bits per heavy atom. The number of hydrogen-bond acceptors (Lipinski definition) is 5. The van der Waals surface area contributed by atoms with Crippen molar-refractivity contribution in [2.75, 3.05) is 10.6 Å². The van der Waals surface area contributed by atoms with Crippen molar-refractivity contribution in [3.63, 3.8) is 0 Å². The van der Waals surface area contributed by atoms with Crippen LogP contribution in [0.4, 0.5) is 24.0 Å². The molecule has 0 atom stereocenters. The zero-order valence-corrected chi connectivity index (χ0v) is 13.1. The number of nitrogens with one attached hydrogen (secondary N) is 2. The van der Waals surface area contributed by atoms with Gasteiger partial charge >= 0.3 is 6.18 Å². The molecule has 1 aromatic heterocycles. The number of carbonyl (C=O) groups is 1. The SMILES string of the molecule is Cc1csc(N/C=C(/C#N)C(=O)Nc2cccc(C(F)(F)F)c2)n1. The lowest BCUT2D eigenvalue weighted by Crippen LogP contribution is -2.15. The summed E-state index contributed by atoms with van der Waals surface area (Å²) in [5.41, 5.74) is -0.455. The first-order chi connectivity index (χ1) is 11.3. The second kappa shape index (κ2) is 7.14. The van der Waals surface area contributed by atoms with Crippen LogP contribution in [0.2, 0.25) is 0 Å². The van der Waals surface area contributed by atoms with Gasteiger partial charge < -0.3 is 10.6 Å². The second-order valence-corrected chi connectivity index (χ2v) is 5.50. The Morgan fingerprint density at radius 2 is 2.17 bits per heavy atom. The lowest BCUT2D eigenvalue weighted by Gasteiger charge is -2.09. The third-order valence-corrected chi connectivity index (χ3v) is 3.66. The molecule has 2 aromatic rings. The number of nitrogens with zero attached hydrogens (tertiary/aromatic N) is 2. The molecule has 0 fully saturated rings. The molecule has 0 aliphatic carbocycles. The zero-order valence-electron chi connectivity index (χ0n) is 12.3. The summed E-state index contributed by atoms with van der Waals surface area (Å²) in [6.07, 6.45) is -3.36. The fourth-order valence-corrected chi connectivity index (χ4v) is 2.33. The van der Waals surface area contributed by atoms with Gasteiger partial charge in [0.05, 0.1) is 11.3 Å². The van der Waals surface area contributed by atoms with Crippen LogP contribution in [0.15, 0.2) is 41.4 Å². The molecular formula is C15H11F3N4OS. The number of rotatable bonds is 4. The number of aromatic nitrogens is 1. The highest BCUT2D eigenvalue weighted by molar-refractivity contribution is 7.13. The predicted octanol–water partition coefficient (Wildman–Crippen LogP) is 3.93. The van der Waals surface area contributed by atoms with E-state index in [0.717, 1.165) is 24.0 Å². The van der Waals surface area contributed by atoms with Crippen LogP contribution in [-0.2, 0) is 11.0 Å². The Balaban J connectivity index is 2.11. The van der Waals surface area contributed by atoms with Crippen molar-refractivity contribution in [3.8, 4) is 6.07 Å². The van der Waals surface area contributed by atoms with Crippen LogP contribution < -0.4 is 10.6 Å².